The highest BCUT2D eigenvalue weighted by Gasteiger charge is 2.22. The van der Waals surface area contributed by atoms with Crippen LogP contribution in [0.25, 0.3) is 0 Å². The minimum absolute atomic E-state index is 0.0430. The second-order valence-electron chi connectivity index (χ2n) is 5.13. The van der Waals surface area contributed by atoms with Crippen LogP contribution >= 0.6 is 0 Å². The van der Waals surface area contributed by atoms with Crippen molar-refractivity contribution in [1.29, 1.82) is 0 Å². The van der Waals surface area contributed by atoms with Crippen LogP contribution in [0.3, 0.4) is 0 Å². The van der Waals surface area contributed by atoms with E-state index in [0.29, 0.717) is 5.75 Å². The van der Waals surface area contributed by atoms with Crippen LogP contribution in [0.4, 0.5) is 0 Å². The van der Waals surface area contributed by atoms with Gasteiger partial charge in [0.15, 0.2) is 0 Å². The van der Waals surface area contributed by atoms with E-state index in [-0.39, 0.29) is 17.0 Å². The van der Waals surface area contributed by atoms with Gasteiger partial charge in [0.2, 0.25) is 10.0 Å². The van der Waals surface area contributed by atoms with E-state index in [9.17, 15) is 13.2 Å². The number of benzene rings is 2. The Kier molecular flexibility index (Phi) is 5.58. The maximum atomic E-state index is 12.7. The van der Waals surface area contributed by atoms with Crippen molar-refractivity contribution >= 4 is 16.0 Å². The molecule has 0 N–H and O–H groups in total. The van der Waals surface area contributed by atoms with Crippen LogP contribution < -0.4 is 4.74 Å². The van der Waals surface area contributed by atoms with Crippen molar-refractivity contribution in [2.45, 2.75) is 11.4 Å². The van der Waals surface area contributed by atoms with Crippen LogP contribution in [0, 0.1) is 0 Å². The average Bonchev–Trinajstić information content (AvgIpc) is 2.61. The van der Waals surface area contributed by atoms with Crippen molar-refractivity contribution in [3.8, 4) is 5.75 Å². The number of rotatable bonds is 6. The molecule has 0 heterocycles. The zero-order valence-electron chi connectivity index (χ0n) is 13.7. The van der Waals surface area contributed by atoms with Gasteiger partial charge in [-0.05, 0) is 35.9 Å². The van der Waals surface area contributed by atoms with E-state index in [4.69, 9.17) is 4.74 Å². The minimum atomic E-state index is -3.72. The predicted molar refractivity (Wildman–Crippen MR) is 89.4 cm³/mol. The van der Waals surface area contributed by atoms with Gasteiger partial charge in [-0.1, -0.05) is 18.2 Å². The number of methoxy groups -OCH3 is 2. The maximum absolute atomic E-state index is 12.7. The van der Waals surface area contributed by atoms with Crippen LogP contribution in [0.5, 0.6) is 5.75 Å². The van der Waals surface area contributed by atoms with E-state index in [1.165, 1.54) is 42.7 Å². The molecule has 6 nitrogen and oxygen atoms in total. The first-order valence-corrected chi connectivity index (χ1v) is 8.60. The molecule has 128 valence electrons. The van der Waals surface area contributed by atoms with E-state index in [1.807, 2.05) is 0 Å². The van der Waals surface area contributed by atoms with Crippen LogP contribution in [0.2, 0.25) is 0 Å². The topological polar surface area (TPSA) is 72.9 Å². The molecule has 0 radical (unpaired) electrons. The van der Waals surface area contributed by atoms with Gasteiger partial charge >= 0.3 is 5.97 Å². The number of hydrogen-bond donors (Lipinski definition) is 0. The Hall–Kier alpha value is -2.38. The summed E-state index contributed by atoms with van der Waals surface area (Å²) in [5.41, 5.74) is 1.02. The number of carbonyl (C=O) groups excluding carboxylic acids is 1. The lowest BCUT2D eigenvalue weighted by Gasteiger charge is -2.18. The normalized spacial score (nSPS) is 11.3. The lowest BCUT2D eigenvalue weighted by molar-refractivity contribution is 0.0600. The molecular formula is C17H19NO5S. The first-order valence-electron chi connectivity index (χ1n) is 7.16. The minimum Gasteiger partial charge on any atom is -0.497 e. The van der Waals surface area contributed by atoms with Gasteiger partial charge in [-0.15, -0.1) is 0 Å². The fourth-order valence-corrected chi connectivity index (χ4v) is 3.36. The van der Waals surface area contributed by atoms with Gasteiger partial charge in [0.05, 0.1) is 24.7 Å². The van der Waals surface area contributed by atoms with Gasteiger partial charge in [-0.3, -0.25) is 0 Å². The predicted octanol–water partition coefficient (Wildman–Crippen LogP) is 2.30. The Morgan fingerprint density at radius 3 is 2.33 bits per heavy atom. The average molecular weight is 349 g/mol. The Morgan fingerprint density at radius 1 is 1.08 bits per heavy atom. The molecule has 0 unspecified atom stereocenters. The zero-order chi connectivity index (χ0) is 17.7. The molecule has 0 atom stereocenters. The highest BCUT2D eigenvalue weighted by Crippen LogP contribution is 2.19. The van der Waals surface area contributed by atoms with Gasteiger partial charge < -0.3 is 9.47 Å². The molecule has 0 saturated heterocycles. The van der Waals surface area contributed by atoms with Crippen molar-refractivity contribution in [2.75, 3.05) is 21.3 Å². The Balaban J connectivity index is 2.23. The number of sulfonamides is 1. The molecule has 0 saturated carbocycles. The number of nitrogens with zero attached hydrogens (tertiary/aromatic N) is 1. The summed E-state index contributed by atoms with van der Waals surface area (Å²) in [6.45, 7) is 0.203. The molecular weight excluding hydrogens is 330 g/mol. The summed E-state index contributed by atoms with van der Waals surface area (Å²) >= 11 is 0. The Morgan fingerprint density at radius 2 is 1.75 bits per heavy atom. The Bertz CT molecular complexity index is 815. The first-order chi connectivity index (χ1) is 11.4. The molecule has 0 fully saturated rings. The molecule has 0 aliphatic carbocycles. The van der Waals surface area contributed by atoms with Crippen molar-refractivity contribution in [1.82, 2.24) is 4.31 Å². The van der Waals surface area contributed by atoms with E-state index < -0.39 is 16.0 Å². The summed E-state index contributed by atoms with van der Waals surface area (Å²) < 4.78 is 36.3. The van der Waals surface area contributed by atoms with Crippen LogP contribution in [0.1, 0.15) is 15.9 Å². The van der Waals surface area contributed by atoms with E-state index >= 15 is 0 Å². The quantitative estimate of drug-likeness (QED) is 0.748. The highest BCUT2D eigenvalue weighted by atomic mass is 32.2. The smallest absolute Gasteiger partial charge is 0.337 e. The molecule has 7 heteroatoms. The SMILES string of the molecule is COC(=O)c1cccc(S(=O)(=O)N(C)Cc2ccc(OC)cc2)c1. The molecule has 2 aromatic rings. The van der Waals surface area contributed by atoms with E-state index in [0.717, 1.165) is 5.56 Å². The maximum Gasteiger partial charge on any atom is 0.337 e. The fourth-order valence-electron chi connectivity index (χ4n) is 2.15. The highest BCUT2D eigenvalue weighted by molar-refractivity contribution is 7.89. The summed E-state index contributed by atoms with van der Waals surface area (Å²) in [6.07, 6.45) is 0. The lowest BCUT2D eigenvalue weighted by atomic mass is 10.2. The largest absolute Gasteiger partial charge is 0.497 e. The summed E-state index contributed by atoms with van der Waals surface area (Å²) in [6, 6.07) is 12.9. The number of ether oxygens (including phenoxy) is 2. The summed E-state index contributed by atoms with van der Waals surface area (Å²) in [4.78, 5) is 11.6. The van der Waals surface area contributed by atoms with Crippen molar-refractivity contribution in [3.05, 3.63) is 59.7 Å². The van der Waals surface area contributed by atoms with Crippen molar-refractivity contribution in [2.24, 2.45) is 0 Å². The summed E-state index contributed by atoms with van der Waals surface area (Å²) in [5.74, 6) is 0.125. The third-order valence-electron chi connectivity index (χ3n) is 3.53. The van der Waals surface area contributed by atoms with Gasteiger partial charge in [0.1, 0.15) is 5.75 Å². The standard InChI is InChI=1S/C17H19NO5S/c1-18(12-13-7-9-15(22-2)10-8-13)24(20,21)16-6-4-5-14(11-16)17(19)23-3/h4-11H,12H2,1-3H3. The molecule has 0 aromatic heterocycles. The number of carbonyl (C=O) groups is 1. The third-order valence-corrected chi connectivity index (χ3v) is 5.33. The van der Waals surface area contributed by atoms with Crippen LogP contribution in [0.15, 0.2) is 53.4 Å². The van der Waals surface area contributed by atoms with Gasteiger partial charge in [-0.2, -0.15) is 4.31 Å². The molecule has 0 bridgehead atoms. The third kappa shape index (κ3) is 3.93. The second kappa shape index (κ2) is 7.46. The lowest BCUT2D eigenvalue weighted by Crippen LogP contribution is -2.26. The van der Waals surface area contributed by atoms with Crippen LogP contribution in [-0.4, -0.2) is 40.0 Å². The molecule has 2 aromatic carbocycles. The monoisotopic (exact) mass is 349 g/mol. The zero-order valence-corrected chi connectivity index (χ0v) is 14.5. The molecule has 0 spiro atoms. The van der Waals surface area contributed by atoms with Gasteiger partial charge in [0, 0.05) is 13.6 Å². The Labute approximate surface area is 141 Å². The number of esters is 1. The van der Waals surface area contributed by atoms with Crippen molar-refractivity contribution in [3.63, 3.8) is 0 Å². The molecule has 0 aliphatic rings. The van der Waals surface area contributed by atoms with Gasteiger partial charge in [-0.25, -0.2) is 13.2 Å². The number of hydrogen-bond acceptors (Lipinski definition) is 5. The van der Waals surface area contributed by atoms with Crippen molar-refractivity contribution < 1.29 is 22.7 Å². The van der Waals surface area contributed by atoms with E-state index in [2.05, 4.69) is 4.74 Å². The summed E-state index contributed by atoms with van der Waals surface area (Å²) in [5, 5.41) is 0. The summed E-state index contributed by atoms with van der Waals surface area (Å²) in [7, 11) is 0.586. The molecule has 0 aliphatic heterocycles. The van der Waals surface area contributed by atoms with Crippen LogP contribution in [-0.2, 0) is 21.3 Å². The van der Waals surface area contributed by atoms with Gasteiger partial charge in [0.25, 0.3) is 0 Å². The second-order valence-corrected chi connectivity index (χ2v) is 7.17. The first kappa shape index (κ1) is 18.0. The molecule has 24 heavy (non-hydrogen) atoms. The molecule has 2 rings (SSSR count). The molecule has 0 amide bonds. The van der Waals surface area contributed by atoms with E-state index in [1.54, 1.807) is 31.4 Å². The fraction of sp³-hybridized carbons (Fsp3) is 0.235.